The lowest BCUT2D eigenvalue weighted by atomic mass is 10.1. The van der Waals surface area contributed by atoms with E-state index in [0.29, 0.717) is 19.4 Å². The summed E-state index contributed by atoms with van der Waals surface area (Å²) in [6, 6.07) is 8.02. The number of rotatable bonds is 5. The van der Waals surface area contributed by atoms with Gasteiger partial charge in [0.25, 0.3) is 0 Å². The number of carbonyl (C=O) groups is 3. The van der Waals surface area contributed by atoms with Gasteiger partial charge in [0.15, 0.2) is 0 Å². The number of nitrogens with one attached hydrogen (secondary N) is 2. The molecule has 2 aliphatic rings. The Morgan fingerprint density at radius 3 is 2.63 bits per heavy atom. The predicted molar refractivity (Wildman–Crippen MR) is 101 cm³/mol. The van der Waals surface area contributed by atoms with Crippen molar-refractivity contribution in [1.29, 1.82) is 0 Å². The standard InChI is InChI=1S/C20H28N4O3/c1-13(21)18(25)23-16-9-5-8-15-10-11-17(24(15)20(16)27)19(26)22-12-14-6-3-2-4-7-14/h2-4,6-7,13,15-17H,5,8-12,21H2,1H3,(H,22,26)(H,23,25)/t13-,15?,16?,17?/m0/s1. The molecule has 7 nitrogen and oxygen atoms in total. The number of benzene rings is 1. The fourth-order valence-electron chi connectivity index (χ4n) is 3.96. The maximum Gasteiger partial charge on any atom is 0.246 e. The molecule has 4 atom stereocenters. The SMILES string of the molecule is C[C@H](N)C(=O)NC1CCCC2CCC(C(=O)NCc3ccccc3)N2C1=O. The summed E-state index contributed by atoms with van der Waals surface area (Å²) in [6.07, 6.45) is 3.77. The fourth-order valence-corrected chi connectivity index (χ4v) is 3.96. The maximum atomic E-state index is 13.1. The summed E-state index contributed by atoms with van der Waals surface area (Å²) in [5.41, 5.74) is 6.63. The first-order valence-electron chi connectivity index (χ1n) is 9.67. The van der Waals surface area contributed by atoms with Crippen molar-refractivity contribution in [2.24, 2.45) is 5.73 Å². The minimum Gasteiger partial charge on any atom is -0.350 e. The van der Waals surface area contributed by atoms with Gasteiger partial charge < -0.3 is 21.3 Å². The van der Waals surface area contributed by atoms with Crippen LogP contribution in [-0.4, -0.2) is 46.8 Å². The van der Waals surface area contributed by atoms with Gasteiger partial charge in [-0.1, -0.05) is 30.3 Å². The largest absolute Gasteiger partial charge is 0.350 e. The molecule has 3 rings (SSSR count). The highest BCUT2D eigenvalue weighted by molar-refractivity contribution is 5.93. The summed E-state index contributed by atoms with van der Waals surface area (Å²) in [4.78, 5) is 39.5. The second kappa shape index (κ2) is 8.52. The molecule has 0 bridgehead atoms. The molecule has 1 aromatic rings. The molecule has 146 valence electrons. The summed E-state index contributed by atoms with van der Waals surface area (Å²) in [7, 11) is 0. The Morgan fingerprint density at radius 1 is 1.19 bits per heavy atom. The van der Waals surface area contributed by atoms with E-state index in [-0.39, 0.29) is 23.8 Å². The van der Waals surface area contributed by atoms with E-state index < -0.39 is 18.1 Å². The summed E-state index contributed by atoms with van der Waals surface area (Å²) < 4.78 is 0. The molecule has 0 aromatic heterocycles. The minimum absolute atomic E-state index is 0.0715. The van der Waals surface area contributed by atoms with Crippen LogP contribution in [0.25, 0.3) is 0 Å². The van der Waals surface area contributed by atoms with Crippen LogP contribution in [0.3, 0.4) is 0 Å². The van der Waals surface area contributed by atoms with Gasteiger partial charge in [0.05, 0.1) is 6.04 Å². The van der Waals surface area contributed by atoms with E-state index in [1.165, 1.54) is 0 Å². The minimum atomic E-state index is -0.666. The Bertz CT molecular complexity index is 692. The highest BCUT2D eigenvalue weighted by Gasteiger charge is 2.44. The Hall–Kier alpha value is -2.41. The third-order valence-corrected chi connectivity index (χ3v) is 5.43. The number of carbonyl (C=O) groups excluding carboxylic acids is 3. The van der Waals surface area contributed by atoms with Crippen LogP contribution in [0.1, 0.15) is 44.6 Å². The zero-order valence-electron chi connectivity index (χ0n) is 15.7. The molecule has 0 spiro atoms. The van der Waals surface area contributed by atoms with Crippen molar-refractivity contribution in [2.75, 3.05) is 0 Å². The van der Waals surface area contributed by atoms with Crippen LogP contribution in [0.5, 0.6) is 0 Å². The molecule has 0 saturated carbocycles. The number of fused-ring (bicyclic) bond motifs is 1. The van der Waals surface area contributed by atoms with Crippen molar-refractivity contribution in [3.05, 3.63) is 35.9 Å². The number of nitrogens with zero attached hydrogens (tertiary/aromatic N) is 1. The molecule has 2 saturated heterocycles. The van der Waals surface area contributed by atoms with E-state index in [9.17, 15) is 14.4 Å². The first-order valence-corrected chi connectivity index (χ1v) is 9.67. The van der Waals surface area contributed by atoms with Crippen LogP contribution in [0.2, 0.25) is 0 Å². The number of hydrogen-bond donors (Lipinski definition) is 3. The molecule has 2 fully saturated rings. The van der Waals surface area contributed by atoms with Crippen molar-refractivity contribution in [2.45, 2.75) is 69.7 Å². The first kappa shape index (κ1) is 19.4. The molecule has 3 unspecified atom stereocenters. The van der Waals surface area contributed by atoms with Crippen LogP contribution in [-0.2, 0) is 20.9 Å². The van der Waals surface area contributed by atoms with Crippen molar-refractivity contribution >= 4 is 17.7 Å². The third kappa shape index (κ3) is 4.47. The molecular weight excluding hydrogens is 344 g/mol. The van der Waals surface area contributed by atoms with Crippen LogP contribution in [0.15, 0.2) is 30.3 Å². The monoisotopic (exact) mass is 372 g/mol. The summed E-state index contributed by atoms with van der Waals surface area (Å²) in [6.45, 7) is 2.03. The van der Waals surface area contributed by atoms with Crippen molar-refractivity contribution in [3.63, 3.8) is 0 Å². The van der Waals surface area contributed by atoms with Gasteiger partial charge in [0.2, 0.25) is 17.7 Å². The number of hydrogen-bond acceptors (Lipinski definition) is 4. The highest BCUT2D eigenvalue weighted by Crippen LogP contribution is 2.32. The zero-order chi connectivity index (χ0) is 19.4. The van der Waals surface area contributed by atoms with Gasteiger partial charge in [-0.2, -0.15) is 0 Å². The fraction of sp³-hybridized carbons (Fsp3) is 0.550. The van der Waals surface area contributed by atoms with Gasteiger partial charge in [-0.05, 0) is 44.6 Å². The topological polar surface area (TPSA) is 105 Å². The molecule has 1 aromatic carbocycles. The van der Waals surface area contributed by atoms with E-state index in [4.69, 9.17) is 5.73 Å². The van der Waals surface area contributed by atoms with E-state index in [2.05, 4.69) is 10.6 Å². The molecule has 2 aliphatic heterocycles. The van der Waals surface area contributed by atoms with Crippen LogP contribution < -0.4 is 16.4 Å². The van der Waals surface area contributed by atoms with E-state index in [1.807, 2.05) is 30.3 Å². The third-order valence-electron chi connectivity index (χ3n) is 5.43. The van der Waals surface area contributed by atoms with E-state index >= 15 is 0 Å². The molecule has 2 heterocycles. The molecule has 27 heavy (non-hydrogen) atoms. The number of amides is 3. The van der Waals surface area contributed by atoms with Gasteiger partial charge in [-0.3, -0.25) is 14.4 Å². The van der Waals surface area contributed by atoms with Crippen LogP contribution in [0.4, 0.5) is 0 Å². The quantitative estimate of drug-likeness (QED) is 0.707. The summed E-state index contributed by atoms with van der Waals surface area (Å²) >= 11 is 0. The normalized spacial score (nSPS) is 26.1. The second-order valence-electron chi connectivity index (χ2n) is 7.48. The van der Waals surface area contributed by atoms with Crippen molar-refractivity contribution in [3.8, 4) is 0 Å². The highest BCUT2D eigenvalue weighted by atomic mass is 16.2. The Labute approximate surface area is 159 Å². The van der Waals surface area contributed by atoms with E-state index in [1.54, 1.807) is 11.8 Å². The van der Waals surface area contributed by atoms with Crippen molar-refractivity contribution < 1.29 is 14.4 Å². The molecular formula is C20H28N4O3. The van der Waals surface area contributed by atoms with Crippen LogP contribution in [0, 0.1) is 0 Å². The Balaban J connectivity index is 1.67. The average Bonchev–Trinajstić information content (AvgIpc) is 3.02. The molecule has 4 N–H and O–H groups in total. The molecule has 3 amide bonds. The smallest absolute Gasteiger partial charge is 0.246 e. The van der Waals surface area contributed by atoms with Crippen molar-refractivity contribution in [1.82, 2.24) is 15.5 Å². The Morgan fingerprint density at radius 2 is 1.93 bits per heavy atom. The lowest BCUT2D eigenvalue weighted by molar-refractivity contribution is -0.142. The van der Waals surface area contributed by atoms with E-state index in [0.717, 1.165) is 24.8 Å². The number of nitrogens with two attached hydrogens (primary N) is 1. The maximum absolute atomic E-state index is 13.1. The van der Waals surface area contributed by atoms with Gasteiger partial charge in [-0.15, -0.1) is 0 Å². The zero-order valence-corrected chi connectivity index (χ0v) is 15.7. The molecule has 0 aliphatic carbocycles. The summed E-state index contributed by atoms with van der Waals surface area (Å²) in [5, 5.41) is 5.70. The molecule has 0 radical (unpaired) electrons. The summed E-state index contributed by atoms with van der Waals surface area (Å²) in [5.74, 6) is -0.631. The van der Waals surface area contributed by atoms with Crippen LogP contribution >= 0.6 is 0 Å². The van der Waals surface area contributed by atoms with Gasteiger partial charge in [0, 0.05) is 12.6 Å². The predicted octanol–water partition coefficient (Wildman–Crippen LogP) is 0.678. The first-order chi connectivity index (χ1) is 13.0. The second-order valence-corrected chi connectivity index (χ2v) is 7.48. The average molecular weight is 372 g/mol. The van der Waals surface area contributed by atoms with Gasteiger partial charge in [-0.25, -0.2) is 0 Å². The lowest BCUT2D eigenvalue weighted by Gasteiger charge is -2.30. The van der Waals surface area contributed by atoms with Gasteiger partial charge >= 0.3 is 0 Å². The lowest BCUT2D eigenvalue weighted by Crippen LogP contribution is -2.55. The van der Waals surface area contributed by atoms with Gasteiger partial charge in [0.1, 0.15) is 12.1 Å². The Kier molecular flexibility index (Phi) is 6.11. The molecule has 7 heteroatoms.